The third-order valence-electron chi connectivity index (χ3n) is 3.08. The number of anilines is 1. The molecular weight excluding hydrogens is 262 g/mol. The molecule has 1 aromatic heterocycles. The molecule has 19 heavy (non-hydrogen) atoms. The van der Waals surface area contributed by atoms with Gasteiger partial charge in [0.15, 0.2) is 0 Å². The summed E-state index contributed by atoms with van der Waals surface area (Å²) in [5.74, 6) is -0.0545. The SMILES string of the molecule is O=C1Nc2ccc(Cl)cc2C1NCc1cccnc1. The number of aromatic nitrogens is 1. The normalized spacial score (nSPS) is 17.1. The van der Waals surface area contributed by atoms with Gasteiger partial charge in [-0.3, -0.25) is 15.1 Å². The zero-order chi connectivity index (χ0) is 13.2. The second-order valence-corrected chi connectivity index (χ2v) is 4.83. The van der Waals surface area contributed by atoms with Crippen LogP contribution in [0.15, 0.2) is 42.7 Å². The van der Waals surface area contributed by atoms with Crippen molar-refractivity contribution in [2.24, 2.45) is 0 Å². The van der Waals surface area contributed by atoms with Gasteiger partial charge < -0.3 is 5.32 Å². The number of fused-ring (bicyclic) bond motifs is 1. The fourth-order valence-electron chi connectivity index (χ4n) is 2.16. The third-order valence-corrected chi connectivity index (χ3v) is 3.31. The maximum absolute atomic E-state index is 11.9. The number of carbonyl (C=O) groups is 1. The van der Waals surface area contributed by atoms with Gasteiger partial charge in [0.1, 0.15) is 6.04 Å². The molecule has 3 rings (SSSR count). The highest BCUT2D eigenvalue weighted by atomic mass is 35.5. The van der Waals surface area contributed by atoms with E-state index < -0.39 is 0 Å². The lowest BCUT2D eigenvalue weighted by Crippen LogP contribution is -2.27. The molecule has 2 N–H and O–H groups in total. The summed E-state index contributed by atoms with van der Waals surface area (Å²) in [6.07, 6.45) is 3.50. The molecule has 0 aliphatic carbocycles. The van der Waals surface area contributed by atoms with Crippen molar-refractivity contribution in [3.05, 3.63) is 58.9 Å². The van der Waals surface area contributed by atoms with Crippen LogP contribution in [0.2, 0.25) is 5.02 Å². The summed E-state index contributed by atoms with van der Waals surface area (Å²) in [6.45, 7) is 0.581. The van der Waals surface area contributed by atoms with Gasteiger partial charge in [0.2, 0.25) is 5.91 Å². The number of pyridine rings is 1. The lowest BCUT2D eigenvalue weighted by atomic mass is 10.1. The molecule has 2 heterocycles. The van der Waals surface area contributed by atoms with Crippen molar-refractivity contribution in [2.75, 3.05) is 5.32 Å². The zero-order valence-electron chi connectivity index (χ0n) is 10.1. The van der Waals surface area contributed by atoms with Gasteiger partial charge in [-0.1, -0.05) is 17.7 Å². The molecule has 0 radical (unpaired) electrons. The van der Waals surface area contributed by atoms with Crippen molar-refractivity contribution in [1.29, 1.82) is 0 Å². The minimum Gasteiger partial charge on any atom is -0.324 e. The molecule has 0 bridgehead atoms. The maximum atomic E-state index is 11.9. The molecule has 1 aliphatic rings. The van der Waals surface area contributed by atoms with Crippen LogP contribution in [0.4, 0.5) is 5.69 Å². The van der Waals surface area contributed by atoms with E-state index in [9.17, 15) is 4.79 Å². The lowest BCUT2D eigenvalue weighted by molar-refractivity contribution is -0.117. The number of carbonyl (C=O) groups excluding carboxylic acids is 1. The van der Waals surface area contributed by atoms with Gasteiger partial charge in [0.05, 0.1) is 0 Å². The van der Waals surface area contributed by atoms with Gasteiger partial charge in [-0.05, 0) is 29.8 Å². The summed E-state index contributed by atoms with van der Waals surface area (Å²) in [6, 6.07) is 8.87. The summed E-state index contributed by atoms with van der Waals surface area (Å²) in [5.41, 5.74) is 2.74. The van der Waals surface area contributed by atoms with Crippen LogP contribution in [0, 0.1) is 0 Å². The molecule has 1 aromatic carbocycles. The van der Waals surface area contributed by atoms with Crippen molar-refractivity contribution in [3.8, 4) is 0 Å². The van der Waals surface area contributed by atoms with Crippen molar-refractivity contribution in [3.63, 3.8) is 0 Å². The third kappa shape index (κ3) is 2.45. The van der Waals surface area contributed by atoms with E-state index in [0.717, 1.165) is 16.8 Å². The fraction of sp³-hybridized carbons (Fsp3) is 0.143. The molecule has 1 aliphatic heterocycles. The number of amides is 1. The largest absolute Gasteiger partial charge is 0.324 e. The van der Waals surface area contributed by atoms with E-state index in [1.54, 1.807) is 18.5 Å². The molecule has 0 spiro atoms. The summed E-state index contributed by atoms with van der Waals surface area (Å²) >= 11 is 5.98. The quantitative estimate of drug-likeness (QED) is 0.903. The Bertz CT molecular complexity index is 615. The van der Waals surface area contributed by atoms with Gasteiger partial charge in [-0.2, -0.15) is 0 Å². The molecule has 5 heteroatoms. The van der Waals surface area contributed by atoms with Crippen LogP contribution < -0.4 is 10.6 Å². The molecule has 0 saturated heterocycles. The van der Waals surface area contributed by atoms with E-state index in [4.69, 9.17) is 11.6 Å². The van der Waals surface area contributed by atoms with Crippen LogP contribution in [0.25, 0.3) is 0 Å². The number of nitrogens with one attached hydrogen (secondary N) is 2. The van der Waals surface area contributed by atoms with E-state index in [1.165, 1.54) is 0 Å². The Labute approximate surface area is 115 Å². The van der Waals surface area contributed by atoms with E-state index in [2.05, 4.69) is 15.6 Å². The molecule has 0 saturated carbocycles. The Morgan fingerprint density at radius 2 is 2.26 bits per heavy atom. The topological polar surface area (TPSA) is 54.0 Å². The molecule has 96 valence electrons. The van der Waals surface area contributed by atoms with Crippen LogP contribution in [0.1, 0.15) is 17.2 Å². The summed E-state index contributed by atoms with van der Waals surface area (Å²) in [4.78, 5) is 16.0. The van der Waals surface area contributed by atoms with Gasteiger partial charge in [-0.15, -0.1) is 0 Å². The molecule has 1 unspecified atom stereocenters. The van der Waals surface area contributed by atoms with Crippen molar-refractivity contribution in [2.45, 2.75) is 12.6 Å². The lowest BCUT2D eigenvalue weighted by Gasteiger charge is -2.11. The number of benzene rings is 1. The number of nitrogens with zero attached hydrogens (tertiary/aromatic N) is 1. The predicted molar refractivity (Wildman–Crippen MR) is 73.9 cm³/mol. The van der Waals surface area contributed by atoms with Crippen LogP contribution in [0.5, 0.6) is 0 Å². The first-order valence-electron chi connectivity index (χ1n) is 5.96. The first-order chi connectivity index (χ1) is 9.24. The first kappa shape index (κ1) is 12.1. The summed E-state index contributed by atoms with van der Waals surface area (Å²) in [7, 11) is 0. The molecule has 2 aromatic rings. The van der Waals surface area contributed by atoms with Gasteiger partial charge >= 0.3 is 0 Å². The van der Waals surface area contributed by atoms with E-state index >= 15 is 0 Å². The molecular formula is C14H12ClN3O. The monoisotopic (exact) mass is 273 g/mol. The number of hydrogen-bond acceptors (Lipinski definition) is 3. The van der Waals surface area contributed by atoms with E-state index in [0.29, 0.717) is 11.6 Å². The fourth-order valence-corrected chi connectivity index (χ4v) is 2.34. The number of halogens is 1. The second kappa shape index (κ2) is 4.99. The Hall–Kier alpha value is -1.91. The maximum Gasteiger partial charge on any atom is 0.246 e. The van der Waals surface area contributed by atoms with Crippen LogP contribution in [-0.2, 0) is 11.3 Å². The molecule has 1 atom stereocenters. The van der Waals surface area contributed by atoms with Crippen molar-refractivity contribution < 1.29 is 4.79 Å². The standard InChI is InChI=1S/C14H12ClN3O/c15-10-3-4-12-11(6-10)13(14(19)18-12)17-8-9-2-1-5-16-7-9/h1-7,13,17H,8H2,(H,18,19). The predicted octanol–water partition coefficient (Wildman–Crippen LogP) is 2.52. The van der Waals surface area contributed by atoms with E-state index in [-0.39, 0.29) is 11.9 Å². The Kier molecular flexibility index (Phi) is 3.19. The van der Waals surface area contributed by atoms with Crippen LogP contribution >= 0.6 is 11.6 Å². The van der Waals surface area contributed by atoms with Gasteiger partial charge in [0, 0.05) is 35.2 Å². The number of hydrogen-bond donors (Lipinski definition) is 2. The zero-order valence-corrected chi connectivity index (χ0v) is 10.8. The average Bonchev–Trinajstić information content (AvgIpc) is 2.73. The number of rotatable bonds is 3. The van der Waals surface area contributed by atoms with Crippen LogP contribution in [-0.4, -0.2) is 10.9 Å². The Morgan fingerprint density at radius 3 is 3.05 bits per heavy atom. The Morgan fingerprint density at radius 1 is 1.37 bits per heavy atom. The molecule has 0 fully saturated rings. The highest BCUT2D eigenvalue weighted by molar-refractivity contribution is 6.31. The average molecular weight is 274 g/mol. The van der Waals surface area contributed by atoms with Crippen LogP contribution in [0.3, 0.4) is 0 Å². The molecule has 4 nitrogen and oxygen atoms in total. The smallest absolute Gasteiger partial charge is 0.246 e. The summed E-state index contributed by atoms with van der Waals surface area (Å²) in [5, 5.41) is 6.68. The van der Waals surface area contributed by atoms with Gasteiger partial charge in [-0.25, -0.2) is 0 Å². The summed E-state index contributed by atoms with van der Waals surface area (Å²) < 4.78 is 0. The highest BCUT2D eigenvalue weighted by Gasteiger charge is 2.30. The minimum atomic E-state index is -0.367. The molecule has 1 amide bonds. The van der Waals surface area contributed by atoms with Crippen molar-refractivity contribution >= 4 is 23.2 Å². The minimum absolute atomic E-state index is 0.0545. The second-order valence-electron chi connectivity index (χ2n) is 4.40. The highest BCUT2D eigenvalue weighted by Crippen LogP contribution is 2.32. The van der Waals surface area contributed by atoms with Gasteiger partial charge in [0.25, 0.3) is 0 Å². The van der Waals surface area contributed by atoms with E-state index in [1.807, 2.05) is 24.3 Å². The van der Waals surface area contributed by atoms with Crippen molar-refractivity contribution in [1.82, 2.24) is 10.3 Å². The first-order valence-corrected chi connectivity index (χ1v) is 6.34. The Balaban J connectivity index is 1.79.